The summed E-state index contributed by atoms with van der Waals surface area (Å²) in [4.78, 5) is 27.1. The summed E-state index contributed by atoms with van der Waals surface area (Å²) in [5, 5.41) is 11.6. The molecule has 7 heteroatoms. The van der Waals surface area contributed by atoms with Crippen LogP contribution in [0.25, 0.3) is 0 Å². The minimum Gasteiger partial charge on any atom is -0.326 e. The molecular weight excluding hydrogens is 258 g/mol. The number of aromatic nitrogens is 3. The third-order valence-corrected chi connectivity index (χ3v) is 2.81. The summed E-state index contributed by atoms with van der Waals surface area (Å²) in [5.74, 6) is -0.330. The van der Waals surface area contributed by atoms with Crippen molar-refractivity contribution in [2.24, 2.45) is 0 Å². The minimum absolute atomic E-state index is 0.0770. The Morgan fingerprint density at radius 2 is 1.95 bits per heavy atom. The summed E-state index contributed by atoms with van der Waals surface area (Å²) in [7, 11) is 0. The molecule has 0 spiro atoms. The predicted molar refractivity (Wildman–Crippen MR) is 74.4 cm³/mol. The van der Waals surface area contributed by atoms with E-state index in [0.717, 1.165) is 5.56 Å². The number of nitrogens with zero attached hydrogens (tertiary/aromatic N) is 2. The van der Waals surface area contributed by atoms with Crippen molar-refractivity contribution in [3.8, 4) is 0 Å². The van der Waals surface area contributed by atoms with Gasteiger partial charge in [-0.3, -0.25) is 14.7 Å². The molecule has 0 saturated carbocycles. The van der Waals surface area contributed by atoms with Crippen LogP contribution in [-0.4, -0.2) is 27.0 Å². The van der Waals surface area contributed by atoms with Gasteiger partial charge in [0.15, 0.2) is 0 Å². The first-order valence-corrected chi connectivity index (χ1v) is 6.18. The smallest absolute Gasteiger partial charge is 0.292 e. The Kier molecular flexibility index (Phi) is 4.09. The van der Waals surface area contributed by atoms with E-state index in [9.17, 15) is 9.59 Å². The molecule has 3 N–H and O–H groups in total. The van der Waals surface area contributed by atoms with Crippen molar-refractivity contribution in [2.75, 3.05) is 10.6 Å². The van der Waals surface area contributed by atoms with Gasteiger partial charge in [-0.15, -0.1) is 0 Å². The lowest BCUT2D eigenvalue weighted by Gasteiger charge is -2.12. The maximum atomic E-state index is 11.9. The van der Waals surface area contributed by atoms with Gasteiger partial charge in [0.2, 0.25) is 11.7 Å². The van der Waals surface area contributed by atoms with Crippen LogP contribution in [0, 0.1) is 6.92 Å². The van der Waals surface area contributed by atoms with Gasteiger partial charge in [0.1, 0.15) is 6.33 Å². The maximum Gasteiger partial charge on any atom is 0.292 e. The Bertz CT molecular complexity index is 622. The number of H-pyrrole nitrogens is 1. The van der Waals surface area contributed by atoms with E-state index in [4.69, 9.17) is 0 Å². The van der Waals surface area contributed by atoms with E-state index in [1.54, 1.807) is 25.1 Å². The van der Waals surface area contributed by atoms with E-state index in [2.05, 4.69) is 25.8 Å². The molecule has 2 rings (SSSR count). The predicted octanol–water partition coefficient (Wildman–Crippen LogP) is 1.71. The van der Waals surface area contributed by atoms with Gasteiger partial charge in [-0.05, 0) is 24.6 Å². The monoisotopic (exact) mass is 273 g/mol. The van der Waals surface area contributed by atoms with Crippen LogP contribution in [0.5, 0.6) is 0 Å². The first-order valence-electron chi connectivity index (χ1n) is 6.18. The number of rotatable bonds is 4. The van der Waals surface area contributed by atoms with Crippen molar-refractivity contribution in [1.82, 2.24) is 15.2 Å². The van der Waals surface area contributed by atoms with Crippen molar-refractivity contribution in [3.05, 3.63) is 35.9 Å². The van der Waals surface area contributed by atoms with Gasteiger partial charge in [0.25, 0.3) is 5.91 Å². The molecule has 0 bridgehead atoms. The SMILES string of the molecule is CCC(=O)Nc1cccc(NC(=O)c2ncn[nH]2)c1C. The molecule has 2 amide bonds. The van der Waals surface area contributed by atoms with Crippen molar-refractivity contribution in [3.63, 3.8) is 0 Å². The van der Waals surface area contributed by atoms with Crippen LogP contribution < -0.4 is 10.6 Å². The lowest BCUT2D eigenvalue weighted by atomic mass is 10.1. The molecule has 1 aromatic heterocycles. The lowest BCUT2D eigenvalue weighted by Crippen LogP contribution is -2.16. The number of benzene rings is 1. The molecule has 0 saturated heterocycles. The number of anilines is 2. The second-order valence-electron chi connectivity index (χ2n) is 4.17. The zero-order valence-corrected chi connectivity index (χ0v) is 11.2. The van der Waals surface area contributed by atoms with E-state index in [1.165, 1.54) is 6.33 Å². The summed E-state index contributed by atoms with van der Waals surface area (Å²) < 4.78 is 0. The van der Waals surface area contributed by atoms with E-state index < -0.39 is 0 Å². The van der Waals surface area contributed by atoms with Gasteiger partial charge in [0, 0.05) is 17.8 Å². The maximum absolute atomic E-state index is 11.9. The summed E-state index contributed by atoms with van der Waals surface area (Å²) in [5.41, 5.74) is 2.06. The zero-order chi connectivity index (χ0) is 14.5. The Morgan fingerprint density at radius 1 is 1.25 bits per heavy atom. The standard InChI is InChI=1S/C13H15N5O2/c1-3-11(19)16-9-5-4-6-10(8(9)2)17-13(20)12-14-7-15-18-12/h4-7H,3H2,1-2H3,(H,16,19)(H,17,20)(H,14,15,18). The number of aromatic amines is 1. The van der Waals surface area contributed by atoms with Gasteiger partial charge in [0.05, 0.1) is 0 Å². The minimum atomic E-state index is -0.385. The first kappa shape index (κ1) is 13.7. The topological polar surface area (TPSA) is 99.8 Å². The van der Waals surface area contributed by atoms with Gasteiger partial charge in [-0.2, -0.15) is 5.10 Å². The fourth-order valence-corrected chi connectivity index (χ4v) is 1.64. The molecule has 0 atom stereocenters. The van der Waals surface area contributed by atoms with Crippen LogP contribution in [0.15, 0.2) is 24.5 Å². The number of amides is 2. The lowest BCUT2D eigenvalue weighted by molar-refractivity contribution is -0.115. The Hall–Kier alpha value is -2.70. The molecule has 0 aliphatic heterocycles. The van der Waals surface area contributed by atoms with Gasteiger partial charge in [-0.1, -0.05) is 13.0 Å². The highest BCUT2D eigenvalue weighted by molar-refractivity contribution is 6.02. The van der Waals surface area contributed by atoms with Crippen molar-refractivity contribution < 1.29 is 9.59 Å². The van der Waals surface area contributed by atoms with Crippen LogP contribution >= 0.6 is 0 Å². The highest BCUT2D eigenvalue weighted by atomic mass is 16.2. The van der Waals surface area contributed by atoms with E-state index in [-0.39, 0.29) is 17.6 Å². The Morgan fingerprint density at radius 3 is 2.55 bits per heavy atom. The van der Waals surface area contributed by atoms with Crippen LogP contribution in [-0.2, 0) is 4.79 Å². The third-order valence-electron chi connectivity index (χ3n) is 2.81. The summed E-state index contributed by atoms with van der Waals surface area (Å²) in [6, 6.07) is 5.30. The molecule has 104 valence electrons. The van der Waals surface area contributed by atoms with Crippen molar-refractivity contribution in [1.29, 1.82) is 0 Å². The van der Waals surface area contributed by atoms with Gasteiger partial charge in [-0.25, -0.2) is 4.98 Å². The Labute approximate surface area is 115 Å². The van der Waals surface area contributed by atoms with E-state index >= 15 is 0 Å². The summed E-state index contributed by atoms with van der Waals surface area (Å²) in [6.45, 7) is 3.60. The number of carbonyl (C=O) groups excluding carboxylic acids is 2. The highest BCUT2D eigenvalue weighted by Gasteiger charge is 2.12. The van der Waals surface area contributed by atoms with Crippen LogP contribution in [0.3, 0.4) is 0 Å². The van der Waals surface area contributed by atoms with E-state index in [1.807, 2.05) is 6.92 Å². The molecule has 0 unspecified atom stereocenters. The van der Waals surface area contributed by atoms with Gasteiger partial charge < -0.3 is 10.6 Å². The second-order valence-corrected chi connectivity index (χ2v) is 4.17. The molecule has 0 radical (unpaired) electrons. The highest BCUT2D eigenvalue weighted by Crippen LogP contribution is 2.23. The normalized spacial score (nSPS) is 10.1. The second kappa shape index (κ2) is 5.96. The molecule has 0 fully saturated rings. The average Bonchev–Trinajstić information content (AvgIpc) is 2.97. The zero-order valence-electron chi connectivity index (χ0n) is 11.2. The summed E-state index contributed by atoms with van der Waals surface area (Å²) in [6.07, 6.45) is 1.66. The number of nitrogens with one attached hydrogen (secondary N) is 3. The first-order chi connectivity index (χ1) is 9.61. The molecule has 0 aliphatic rings. The summed E-state index contributed by atoms with van der Waals surface area (Å²) >= 11 is 0. The average molecular weight is 273 g/mol. The molecule has 20 heavy (non-hydrogen) atoms. The van der Waals surface area contributed by atoms with Crippen LogP contribution in [0.2, 0.25) is 0 Å². The largest absolute Gasteiger partial charge is 0.326 e. The fraction of sp³-hybridized carbons (Fsp3) is 0.231. The molecular formula is C13H15N5O2. The van der Waals surface area contributed by atoms with Gasteiger partial charge >= 0.3 is 0 Å². The number of carbonyl (C=O) groups is 2. The number of hydrogen-bond donors (Lipinski definition) is 3. The third kappa shape index (κ3) is 3.00. The molecule has 1 aromatic carbocycles. The van der Waals surface area contributed by atoms with Crippen molar-refractivity contribution >= 4 is 23.2 Å². The molecule has 2 aromatic rings. The van der Waals surface area contributed by atoms with E-state index in [0.29, 0.717) is 17.8 Å². The van der Waals surface area contributed by atoms with Crippen LogP contribution in [0.4, 0.5) is 11.4 Å². The molecule has 1 heterocycles. The quantitative estimate of drug-likeness (QED) is 0.789. The number of hydrogen-bond acceptors (Lipinski definition) is 4. The molecule has 7 nitrogen and oxygen atoms in total. The van der Waals surface area contributed by atoms with Crippen LogP contribution in [0.1, 0.15) is 29.5 Å². The fourth-order valence-electron chi connectivity index (χ4n) is 1.64. The Balaban J connectivity index is 2.18. The molecule has 0 aliphatic carbocycles. The van der Waals surface area contributed by atoms with Crippen molar-refractivity contribution in [2.45, 2.75) is 20.3 Å².